The summed E-state index contributed by atoms with van der Waals surface area (Å²) in [5.41, 5.74) is 1.61. The van der Waals surface area contributed by atoms with Crippen molar-refractivity contribution in [1.82, 2.24) is 4.57 Å². The number of hydrogen-bond donors (Lipinski definition) is 2. The molecule has 0 spiro atoms. The first-order valence-corrected chi connectivity index (χ1v) is 3.52. The van der Waals surface area contributed by atoms with Crippen LogP contribution in [0.1, 0.15) is 18.1 Å². The Morgan fingerprint density at radius 3 is 2.00 bits per heavy atom. The maximum absolute atomic E-state index is 7.03. The van der Waals surface area contributed by atoms with Crippen molar-refractivity contribution in [3.05, 3.63) is 23.5 Å². The molecular weight excluding hydrogens is 138 g/mol. The van der Waals surface area contributed by atoms with Crippen LogP contribution in [0.25, 0.3) is 0 Å². The Kier molecular flexibility index (Phi) is 2.21. The molecule has 1 aromatic rings. The summed E-state index contributed by atoms with van der Waals surface area (Å²) in [6, 6.07) is 0. The number of rotatable bonds is 3. The van der Waals surface area contributed by atoms with Crippen molar-refractivity contribution in [2.45, 2.75) is 13.5 Å². The number of aromatic nitrogens is 1. The van der Waals surface area contributed by atoms with Crippen molar-refractivity contribution in [2.75, 3.05) is 0 Å². The second-order valence-electron chi connectivity index (χ2n) is 2.29. The third-order valence-corrected chi connectivity index (χ3v) is 1.62. The van der Waals surface area contributed by atoms with Gasteiger partial charge in [-0.15, -0.1) is 0 Å². The molecule has 0 bridgehead atoms. The van der Waals surface area contributed by atoms with E-state index in [0.29, 0.717) is 0 Å². The third-order valence-electron chi connectivity index (χ3n) is 1.62. The van der Waals surface area contributed by atoms with Gasteiger partial charge < -0.3 is 15.4 Å². The van der Waals surface area contributed by atoms with E-state index in [4.69, 9.17) is 10.8 Å². The molecule has 11 heavy (non-hydrogen) atoms. The fourth-order valence-corrected chi connectivity index (χ4v) is 0.967. The summed E-state index contributed by atoms with van der Waals surface area (Å²) in [5, 5.41) is 14.1. The topological polar surface area (TPSA) is 52.6 Å². The van der Waals surface area contributed by atoms with Crippen LogP contribution in [0.5, 0.6) is 0 Å². The predicted octanol–water partition coefficient (Wildman–Crippen LogP) is 1.50. The van der Waals surface area contributed by atoms with E-state index in [1.54, 1.807) is 0 Å². The van der Waals surface area contributed by atoms with Crippen LogP contribution in [-0.4, -0.2) is 17.0 Å². The summed E-state index contributed by atoms with van der Waals surface area (Å²) in [6.45, 7) is 2.91. The van der Waals surface area contributed by atoms with Crippen LogP contribution in [0.4, 0.5) is 0 Å². The lowest BCUT2D eigenvalue weighted by atomic mass is 10.2. The van der Waals surface area contributed by atoms with Gasteiger partial charge in [0.2, 0.25) is 0 Å². The quantitative estimate of drug-likeness (QED) is 0.612. The van der Waals surface area contributed by atoms with Gasteiger partial charge in [0.1, 0.15) is 0 Å². The lowest BCUT2D eigenvalue weighted by Crippen LogP contribution is -1.87. The molecule has 0 unspecified atom stereocenters. The molecule has 1 rings (SSSR count). The molecule has 0 aliphatic heterocycles. The molecule has 0 fully saturated rings. The SMILES string of the molecule is CCn1cc(C=N)c(C=N)c1. The molecule has 0 radical (unpaired) electrons. The Morgan fingerprint density at radius 1 is 1.27 bits per heavy atom. The second-order valence-corrected chi connectivity index (χ2v) is 2.29. The van der Waals surface area contributed by atoms with E-state index in [2.05, 4.69) is 0 Å². The first-order valence-electron chi connectivity index (χ1n) is 3.52. The Labute approximate surface area is 65.7 Å². The van der Waals surface area contributed by atoms with Gasteiger partial charge in [0, 0.05) is 42.5 Å². The van der Waals surface area contributed by atoms with Gasteiger partial charge in [-0.1, -0.05) is 0 Å². The standard InChI is InChI=1S/C8H11N3/c1-2-11-5-7(3-9)8(4-10)6-11/h3-6,9-10H,2H2,1H3. The van der Waals surface area contributed by atoms with Crippen molar-refractivity contribution >= 4 is 12.4 Å². The van der Waals surface area contributed by atoms with Gasteiger partial charge >= 0.3 is 0 Å². The Balaban J connectivity index is 3.11. The van der Waals surface area contributed by atoms with E-state index in [-0.39, 0.29) is 0 Å². The zero-order valence-electron chi connectivity index (χ0n) is 6.46. The lowest BCUT2D eigenvalue weighted by Gasteiger charge is -1.90. The highest BCUT2D eigenvalue weighted by molar-refractivity contribution is 5.91. The summed E-state index contributed by atoms with van der Waals surface area (Å²) < 4.78 is 1.96. The first-order chi connectivity index (χ1) is 5.31. The van der Waals surface area contributed by atoms with Crippen molar-refractivity contribution in [3.63, 3.8) is 0 Å². The molecule has 0 saturated carbocycles. The maximum Gasteiger partial charge on any atom is 0.0272 e. The summed E-state index contributed by atoms with van der Waals surface area (Å²) >= 11 is 0. The monoisotopic (exact) mass is 149 g/mol. The first kappa shape index (κ1) is 7.72. The van der Waals surface area contributed by atoms with Crippen LogP contribution >= 0.6 is 0 Å². The molecule has 58 valence electrons. The largest absolute Gasteiger partial charge is 0.353 e. The summed E-state index contributed by atoms with van der Waals surface area (Å²) in [4.78, 5) is 0. The minimum Gasteiger partial charge on any atom is -0.353 e. The van der Waals surface area contributed by atoms with Gasteiger partial charge in [0.15, 0.2) is 0 Å². The van der Waals surface area contributed by atoms with Crippen LogP contribution in [0.15, 0.2) is 12.4 Å². The van der Waals surface area contributed by atoms with Gasteiger partial charge in [0.25, 0.3) is 0 Å². The van der Waals surface area contributed by atoms with Crippen LogP contribution in [0, 0.1) is 10.8 Å². The predicted molar refractivity (Wildman–Crippen MR) is 45.9 cm³/mol. The number of nitrogens with zero attached hydrogens (tertiary/aromatic N) is 1. The van der Waals surface area contributed by atoms with E-state index in [1.165, 1.54) is 12.4 Å². The van der Waals surface area contributed by atoms with Crippen LogP contribution in [0.3, 0.4) is 0 Å². The minimum atomic E-state index is 0.807. The fourth-order valence-electron chi connectivity index (χ4n) is 0.967. The molecule has 1 heterocycles. The highest BCUT2D eigenvalue weighted by Crippen LogP contribution is 2.04. The van der Waals surface area contributed by atoms with E-state index >= 15 is 0 Å². The van der Waals surface area contributed by atoms with E-state index in [9.17, 15) is 0 Å². The molecule has 0 saturated heterocycles. The molecule has 0 amide bonds. The van der Waals surface area contributed by atoms with Crippen molar-refractivity contribution in [3.8, 4) is 0 Å². The van der Waals surface area contributed by atoms with Crippen molar-refractivity contribution in [1.29, 1.82) is 10.8 Å². The zero-order valence-corrected chi connectivity index (χ0v) is 6.46. The molecule has 3 heteroatoms. The van der Waals surface area contributed by atoms with Gasteiger partial charge in [-0.05, 0) is 6.92 Å². The zero-order chi connectivity index (χ0) is 8.27. The van der Waals surface area contributed by atoms with Gasteiger partial charge in [-0.25, -0.2) is 0 Å². The van der Waals surface area contributed by atoms with Crippen molar-refractivity contribution < 1.29 is 0 Å². The Morgan fingerprint density at radius 2 is 1.73 bits per heavy atom. The van der Waals surface area contributed by atoms with Crippen LogP contribution < -0.4 is 0 Å². The Hall–Kier alpha value is -1.38. The molecular formula is C8H11N3. The van der Waals surface area contributed by atoms with E-state index in [1.807, 2.05) is 23.9 Å². The van der Waals surface area contributed by atoms with Gasteiger partial charge in [0.05, 0.1) is 0 Å². The molecule has 3 nitrogen and oxygen atoms in total. The van der Waals surface area contributed by atoms with Crippen molar-refractivity contribution in [2.24, 2.45) is 0 Å². The van der Waals surface area contributed by atoms with Crippen LogP contribution in [-0.2, 0) is 6.54 Å². The third kappa shape index (κ3) is 1.37. The minimum absolute atomic E-state index is 0.807. The number of aryl methyl sites for hydroxylation is 1. The average Bonchev–Trinajstić information content (AvgIpc) is 2.46. The van der Waals surface area contributed by atoms with Gasteiger partial charge in [-0.2, -0.15) is 0 Å². The van der Waals surface area contributed by atoms with E-state index in [0.717, 1.165) is 17.7 Å². The Bertz CT molecular complexity index is 247. The summed E-state index contributed by atoms with van der Waals surface area (Å²) in [5.74, 6) is 0. The fraction of sp³-hybridized carbons (Fsp3) is 0.250. The molecule has 0 atom stereocenters. The number of hydrogen-bond acceptors (Lipinski definition) is 2. The smallest absolute Gasteiger partial charge is 0.0272 e. The average molecular weight is 149 g/mol. The van der Waals surface area contributed by atoms with E-state index < -0.39 is 0 Å². The maximum atomic E-state index is 7.03. The van der Waals surface area contributed by atoms with Gasteiger partial charge in [-0.3, -0.25) is 0 Å². The van der Waals surface area contributed by atoms with Crippen LogP contribution in [0.2, 0.25) is 0 Å². The molecule has 0 aliphatic rings. The highest BCUT2D eigenvalue weighted by Gasteiger charge is 1.99. The second kappa shape index (κ2) is 3.14. The molecule has 0 aliphatic carbocycles. The molecule has 0 aromatic carbocycles. The number of nitrogens with one attached hydrogen (secondary N) is 2. The summed E-state index contributed by atoms with van der Waals surface area (Å²) in [7, 11) is 0. The lowest BCUT2D eigenvalue weighted by molar-refractivity contribution is 0.768. The molecule has 2 N–H and O–H groups in total. The molecule has 1 aromatic heterocycles. The highest BCUT2D eigenvalue weighted by atomic mass is 14.9. The summed E-state index contributed by atoms with van der Waals surface area (Å²) in [6.07, 6.45) is 6.28. The normalized spacial score (nSPS) is 9.55.